The van der Waals surface area contributed by atoms with Gasteiger partial charge in [-0.15, -0.1) is 0 Å². The van der Waals surface area contributed by atoms with Gasteiger partial charge < -0.3 is 23.2 Å². The molecule has 0 unspecified atom stereocenters. The number of rotatable bonds is 7. The molecule has 5 heteroatoms. The molecule has 13 rings (SSSR count). The van der Waals surface area contributed by atoms with E-state index < -0.39 is 0 Å². The van der Waals surface area contributed by atoms with Crippen molar-refractivity contribution >= 4 is 111 Å². The minimum Gasteiger partial charge on any atom is -0.456 e. The second-order valence-electron chi connectivity index (χ2n) is 21.0. The van der Waals surface area contributed by atoms with E-state index in [0.717, 1.165) is 100 Å². The van der Waals surface area contributed by atoms with Crippen molar-refractivity contribution in [3.63, 3.8) is 0 Å². The summed E-state index contributed by atoms with van der Waals surface area (Å²) in [7, 11) is 0. The monoisotopic (exact) mass is 919 g/mol. The first-order chi connectivity index (χ1) is 34.5. The van der Waals surface area contributed by atoms with Crippen LogP contribution in [-0.4, -0.2) is 4.57 Å². The molecule has 3 aromatic heterocycles. The highest BCUT2D eigenvalue weighted by Crippen LogP contribution is 2.45. The van der Waals surface area contributed by atoms with E-state index in [0.29, 0.717) is 0 Å². The van der Waals surface area contributed by atoms with E-state index in [2.05, 4.69) is 268 Å². The second kappa shape index (κ2) is 16.0. The smallest absolute Gasteiger partial charge is 0.139 e. The molecule has 0 aliphatic carbocycles. The van der Waals surface area contributed by atoms with Gasteiger partial charge in [0, 0.05) is 95.4 Å². The molecule has 0 amide bonds. The molecule has 0 radical (unpaired) electrons. The van der Waals surface area contributed by atoms with Crippen molar-refractivity contribution < 1.29 is 8.83 Å². The average molecular weight is 920 g/mol. The van der Waals surface area contributed by atoms with Crippen molar-refractivity contribution in [3.05, 3.63) is 223 Å². The summed E-state index contributed by atoms with van der Waals surface area (Å²) >= 11 is 0. The molecule has 0 atom stereocenters. The summed E-state index contributed by atoms with van der Waals surface area (Å²) in [5.41, 5.74) is 15.6. The zero-order chi connectivity index (χ0) is 48.2. The van der Waals surface area contributed by atoms with Crippen molar-refractivity contribution in [1.29, 1.82) is 0 Å². The predicted octanol–water partition coefficient (Wildman–Crippen LogP) is 19.3. The molecule has 10 aromatic carbocycles. The van der Waals surface area contributed by atoms with Crippen LogP contribution in [0.1, 0.15) is 52.7 Å². The molecular weight excluding hydrogens is 867 g/mol. The number of benzene rings is 10. The lowest BCUT2D eigenvalue weighted by Gasteiger charge is -2.25. The second-order valence-corrected chi connectivity index (χ2v) is 21.0. The molecule has 3 heterocycles. The maximum atomic E-state index is 6.77. The van der Waals surface area contributed by atoms with Crippen LogP contribution in [0.3, 0.4) is 0 Å². The Bertz CT molecular complexity index is 4190. The standard InChI is InChI=1S/C66H53N3O2/c1-65(2,3)57-26-16-24-54-52-34-31-49(40-61(52)70-63(54)57)67(44-18-10-7-11-19-44)47-29-28-42-37-56-51-33-30-48(39-60(51)69(46-22-14-9-15-23-46)59(56)38-43(42)36-47)68(45-20-12-8-13-21-45)50-32-35-53-55-25-17-27-58(66(4,5)6)64(55)71-62(53)41-50/h7-41H,1-6H3. The summed E-state index contributed by atoms with van der Waals surface area (Å²) in [6, 6.07) is 76.8. The Kier molecular flexibility index (Phi) is 9.60. The van der Waals surface area contributed by atoms with Crippen molar-refractivity contribution in [2.75, 3.05) is 9.80 Å². The third-order valence-corrected chi connectivity index (χ3v) is 14.3. The summed E-state index contributed by atoms with van der Waals surface area (Å²) in [5.74, 6) is 0. The van der Waals surface area contributed by atoms with Gasteiger partial charge in [0.2, 0.25) is 0 Å². The van der Waals surface area contributed by atoms with E-state index >= 15 is 0 Å². The molecule has 0 saturated heterocycles. The van der Waals surface area contributed by atoms with E-state index in [4.69, 9.17) is 8.83 Å². The number of hydrogen-bond acceptors (Lipinski definition) is 4. The minimum absolute atomic E-state index is 0.0522. The van der Waals surface area contributed by atoms with Gasteiger partial charge >= 0.3 is 0 Å². The van der Waals surface area contributed by atoms with Crippen LogP contribution >= 0.6 is 0 Å². The maximum absolute atomic E-state index is 6.77. The average Bonchev–Trinajstić information content (AvgIpc) is 4.04. The van der Waals surface area contributed by atoms with Crippen molar-refractivity contribution in [2.45, 2.75) is 52.4 Å². The molecule has 0 spiro atoms. The third-order valence-electron chi connectivity index (χ3n) is 14.3. The fourth-order valence-corrected chi connectivity index (χ4v) is 11.0. The quantitative estimate of drug-likeness (QED) is 0.160. The third kappa shape index (κ3) is 7.06. The number of aromatic nitrogens is 1. The molecule has 71 heavy (non-hydrogen) atoms. The Morgan fingerprint density at radius 2 is 0.775 bits per heavy atom. The largest absolute Gasteiger partial charge is 0.456 e. The van der Waals surface area contributed by atoms with Gasteiger partial charge in [0.15, 0.2) is 0 Å². The van der Waals surface area contributed by atoms with Crippen LogP contribution in [0, 0.1) is 0 Å². The van der Waals surface area contributed by atoms with Crippen LogP contribution in [0.2, 0.25) is 0 Å². The molecule has 344 valence electrons. The van der Waals surface area contributed by atoms with Crippen LogP contribution in [0.4, 0.5) is 34.1 Å². The lowest BCUT2D eigenvalue weighted by molar-refractivity contribution is 0.572. The van der Waals surface area contributed by atoms with Gasteiger partial charge in [-0.1, -0.05) is 145 Å². The van der Waals surface area contributed by atoms with Crippen molar-refractivity contribution in [2.24, 2.45) is 0 Å². The van der Waals surface area contributed by atoms with Crippen LogP contribution < -0.4 is 9.80 Å². The Morgan fingerprint density at radius 3 is 1.30 bits per heavy atom. The van der Waals surface area contributed by atoms with Gasteiger partial charge in [0.1, 0.15) is 22.3 Å². The van der Waals surface area contributed by atoms with Crippen LogP contribution in [-0.2, 0) is 10.8 Å². The fraction of sp³-hybridized carbons (Fsp3) is 0.121. The topological polar surface area (TPSA) is 37.7 Å². The number of fused-ring (bicyclic) bond motifs is 10. The van der Waals surface area contributed by atoms with E-state index in [1.165, 1.54) is 27.3 Å². The lowest BCUT2D eigenvalue weighted by Crippen LogP contribution is -2.10. The van der Waals surface area contributed by atoms with E-state index in [1.807, 2.05) is 0 Å². The molecule has 0 fully saturated rings. The highest BCUT2D eigenvalue weighted by molar-refractivity contribution is 6.15. The number of hydrogen-bond donors (Lipinski definition) is 0. The molecule has 0 aliphatic heterocycles. The first-order valence-corrected chi connectivity index (χ1v) is 24.7. The van der Waals surface area contributed by atoms with Gasteiger partial charge in [0.05, 0.1) is 11.0 Å². The summed E-state index contributed by atoms with van der Waals surface area (Å²) in [5, 5.41) is 9.24. The molecule has 5 nitrogen and oxygen atoms in total. The Hall–Kier alpha value is -8.54. The number of anilines is 6. The van der Waals surface area contributed by atoms with E-state index in [9.17, 15) is 0 Å². The van der Waals surface area contributed by atoms with Gasteiger partial charge in [-0.3, -0.25) is 0 Å². The number of furan rings is 2. The highest BCUT2D eigenvalue weighted by atomic mass is 16.3. The Labute approximate surface area is 413 Å². The number of nitrogens with zero attached hydrogens (tertiary/aromatic N) is 3. The summed E-state index contributed by atoms with van der Waals surface area (Å²) in [6.07, 6.45) is 0. The summed E-state index contributed by atoms with van der Waals surface area (Å²) < 4.78 is 16.0. The molecule has 13 aromatic rings. The Morgan fingerprint density at radius 1 is 0.324 bits per heavy atom. The SMILES string of the molecule is CC(C)(C)c1cccc2c1oc1cc(N(c3ccccc3)c3ccc4cc5c6ccc(N(c7ccccc7)c7ccc8c(c7)oc7c(C(C)(C)C)cccc78)cc6n(-c6ccccc6)c5cc4c3)ccc12. The first-order valence-electron chi connectivity index (χ1n) is 24.7. The molecule has 0 aliphatic rings. The minimum atomic E-state index is -0.0565. The van der Waals surface area contributed by atoms with Gasteiger partial charge in [0.25, 0.3) is 0 Å². The molecule has 0 saturated carbocycles. The fourth-order valence-electron chi connectivity index (χ4n) is 11.0. The lowest BCUT2D eigenvalue weighted by atomic mass is 9.86. The van der Waals surface area contributed by atoms with E-state index in [1.54, 1.807) is 0 Å². The zero-order valence-electron chi connectivity index (χ0n) is 40.9. The van der Waals surface area contributed by atoms with Gasteiger partial charge in [-0.25, -0.2) is 0 Å². The maximum Gasteiger partial charge on any atom is 0.139 e. The van der Waals surface area contributed by atoms with Crippen molar-refractivity contribution in [1.82, 2.24) is 4.57 Å². The molecule has 0 N–H and O–H groups in total. The van der Waals surface area contributed by atoms with Crippen LogP contribution in [0.15, 0.2) is 221 Å². The predicted molar refractivity (Wildman–Crippen MR) is 300 cm³/mol. The normalized spacial score (nSPS) is 12.4. The molecular formula is C66H53N3O2. The van der Waals surface area contributed by atoms with Crippen LogP contribution in [0.5, 0.6) is 0 Å². The summed E-state index contributed by atoms with van der Waals surface area (Å²) in [6.45, 7) is 13.5. The first kappa shape index (κ1) is 42.6. The van der Waals surface area contributed by atoms with Gasteiger partial charge in [-0.2, -0.15) is 0 Å². The summed E-state index contributed by atoms with van der Waals surface area (Å²) in [4.78, 5) is 4.68. The van der Waals surface area contributed by atoms with Crippen molar-refractivity contribution in [3.8, 4) is 5.69 Å². The Balaban J connectivity index is 0.977. The molecule has 0 bridgehead atoms. The van der Waals surface area contributed by atoms with Crippen LogP contribution in [0.25, 0.3) is 82.1 Å². The highest BCUT2D eigenvalue weighted by Gasteiger charge is 2.25. The van der Waals surface area contributed by atoms with E-state index in [-0.39, 0.29) is 10.8 Å². The van der Waals surface area contributed by atoms with Gasteiger partial charge in [-0.05, 0) is 119 Å². The number of para-hydroxylation sites is 5. The zero-order valence-corrected chi connectivity index (χ0v) is 40.9.